The SMILES string of the molecule is CCC(C)C1C(N2CCN(C)CC2)=Nc2ccccc2N=C1N1CCN(C)CC1. The molecule has 1 unspecified atom stereocenters. The van der Waals surface area contributed by atoms with Crippen molar-refractivity contribution in [2.75, 3.05) is 66.5 Å². The molecular formula is C23H36N6. The molecule has 0 N–H and O–H groups in total. The molecule has 1 atom stereocenters. The van der Waals surface area contributed by atoms with Gasteiger partial charge in [0.05, 0.1) is 17.3 Å². The fourth-order valence-corrected chi connectivity index (χ4v) is 4.51. The van der Waals surface area contributed by atoms with Crippen molar-refractivity contribution in [2.45, 2.75) is 20.3 Å². The van der Waals surface area contributed by atoms with Gasteiger partial charge in [0.1, 0.15) is 11.7 Å². The topological polar surface area (TPSA) is 37.7 Å². The summed E-state index contributed by atoms with van der Waals surface area (Å²) in [6.45, 7) is 13.2. The highest BCUT2D eigenvalue weighted by Gasteiger charge is 2.37. The van der Waals surface area contributed by atoms with Gasteiger partial charge in [0, 0.05) is 52.4 Å². The Kier molecular flexibility index (Phi) is 6.20. The van der Waals surface area contributed by atoms with E-state index in [0.29, 0.717) is 5.92 Å². The monoisotopic (exact) mass is 396 g/mol. The third-order valence-electron chi connectivity index (χ3n) is 6.78. The second-order valence-electron chi connectivity index (χ2n) is 8.87. The average Bonchev–Trinajstić information content (AvgIpc) is 2.91. The quantitative estimate of drug-likeness (QED) is 0.770. The molecule has 3 heterocycles. The summed E-state index contributed by atoms with van der Waals surface area (Å²) in [7, 11) is 4.43. The van der Waals surface area contributed by atoms with E-state index in [0.717, 1.165) is 70.2 Å². The first-order valence-corrected chi connectivity index (χ1v) is 11.2. The van der Waals surface area contributed by atoms with E-state index in [4.69, 9.17) is 9.98 Å². The Morgan fingerprint density at radius 1 is 0.793 bits per heavy atom. The Hall–Kier alpha value is -1.92. The normalized spacial score (nSPS) is 23.3. The van der Waals surface area contributed by atoms with Crippen LogP contribution in [0.1, 0.15) is 20.3 Å². The minimum Gasteiger partial charge on any atom is -0.357 e. The molecule has 0 aliphatic carbocycles. The molecule has 6 heteroatoms. The van der Waals surface area contributed by atoms with E-state index in [2.05, 4.69) is 71.8 Å². The lowest BCUT2D eigenvalue weighted by atomic mass is 9.87. The molecule has 0 aromatic heterocycles. The lowest BCUT2D eigenvalue weighted by Crippen LogP contribution is -2.55. The molecule has 6 nitrogen and oxygen atoms in total. The van der Waals surface area contributed by atoms with Gasteiger partial charge >= 0.3 is 0 Å². The molecule has 0 spiro atoms. The van der Waals surface area contributed by atoms with Gasteiger partial charge in [-0.15, -0.1) is 0 Å². The Labute approximate surface area is 175 Å². The largest absolute Gasteiger partial charge is 0.357 e. The molecule has 158 valence electrons. The highest BCUT2D eigenvalue weighted by Crippen LogP contribution is 2.36. The first-order valence-electron chi connectivity index (χ1n) is 11.2. The van der Waals surface area contributed by atoms with Crippen LogP contribution >= 0.6 is 0 Å². The number of para-hydroxylation sites is 2. The number of aliphatic imine (C=N–C) groups is 2. The van der Waals surface area contributed by atoms with Crippen LogP contribution in [0, 0.1) is 11.8 Å². The first kappa shape index (κ1) is 20.4. The predicted octanol–water partition coefficient (Wildman–Crippen LogP) is 2.92. The number of rotatable bonds is 2. The molecule has 3 aliphatic rings. The van der Waals surface area contributed by atoms with E-state index >= 15 is 0 Å². The lowest BCUT2D eigenvalue weighted by Gasteiger charge is -2.42. The maximum atomic E-state index is 5.27. The van der Waals surface area contributed by atoms with E-state index in [1.165, 1.54) is 11.7 Å². The fourth-order valence-electron chi connectivity index (χ4n) is 4.51. The smallest absolute Gasteiger partial charge is 0.116 e. The zero-order chi connectivity index (χ0) is 20.4. The van der Waals surface area contributed by atoms with Crippen LogP contribution in [0.4, 0.5) is 11.4 Å². The van der Waals surface area contributed by atoms with Crippen molar-refractivity contribution in [3.05, 3.63) is 24.3 Å². The molecule has 0 radical (unpaired) electrons. The average molecular weight is 397 g/mol. The van der Waals surface area contributed by atoms with Crippen LogP contribution in [-0.2, 0) is 0 Å². The Morgan fingerprint density at radius 3 is 1.59 bits per heavy atom. The minimum atomic E-state index is 0.249. The van der Waals surface area contributed by atoms with Gasteiger partial charge in [0.25, 0.3) is 0 Å². The number of hydrogen-bond acceptors (Lipinski definition) is 6. The third-order valence-corrected chi connectivity index (χ3v) is 6.78. The first-order chi connectivity index (χ1) is 14.1. The van der Waals surface area contributed by atoms with Crippen molar-refractivity contribution in [1.29, 1.82) is 0 Å². The molecule has 1 aromatic rings. The number of nitrogens with zero attached hydrogens (tertiary/aromatic N) is 6. The van der Waals surface area contributed by atoms with E-state index in [9.17, 15) is 0 Å². The second kappa shape index (κ2) is 8.84. The van der Waals surface area contributed by atoms with Crippen molar-refractivity contribution >= 4 is 23.0 Å². The summed E-state index contributed by atoms with van der Waals surface area (Å²) in [5.41, 5.74) is 2.03. The van der Waals surface area contributed by atoms with E-state index in [1.807, 2.05) is 0 Å². The highest BCUT2D eigenvalue weighted by molar-refractivity contribution is 6.09. The predicted molar refractivity (Wildman–Crippen MR) is 122 cm³/mol. The van der Waals surface area contributed by atoms with Crippen LogP contribution in [0.5, 0.6) is 0 Å². The number of likely N-dealkylation sites (N-methyl/N-ethyl adjacent to an activating group) is 2. The second-order valence-corrected chi connectivity index (χ2v) is 8.87. The van der Waals surface area contributed by atoms with Crippen LogP contribution in [0.2, 0.25) is 0 Å². The third kappa shape index (κ3) is 4.33. The van der Waals surface area contributed by atoms with Gasteiger partial charge in [-0.1, -0.05) is 32.4 Å². The van der Waals surface area contributed by atoms with Crippen LogP contribution < -0.4 is 0 Å². The lowest BCUT2D eigenvalue weighted by molar-refractivity contribution is 0.199. The Bertz CT molecular complexity index is 697. The van der Waals surface area contributed by atoms with Crippen molar-refractivity contribution in [3.8, 4) is 0 Å². The van der Waals surface area contributed by atoms with E-state index < -0.39 is 0 Å². The summed E-state index contributed by atoms with van der Waals surface area (Å²) in [4.78, 5) is 20.4. The minimum absolute atomic E-state index is 0.249. The molecule has 0 bridgehead atoms. The highest BCUT2D eigenvalue weighted by atomic mass is 15.3. The van der Waals surface area contributed by atoms with Crippen LogP contribution in [0.25, 0.3) is 0 Å². The van der Waals surface area contributed by atoms with Crippen LogP contribution in [-0.4, -0.2) is 97.7 Å². The summed E-state index contributed by atoms with van der Waals surface area (Å²) in [6.07, 6.45) is 1.13. The number of hydrogen-bond donors (Lipinski definition) is 0. The van der Waals surface area contributed by atoms with Gasteiger partial charge in [0.15, 0.2) is 0 Å². The van der Waals surface area contributed by atoms with Crippen molar-refractivity contribution in [3.63, 3.8) is 0 Å². The zero-order valence-electron chi connectivity index (χ0n) is 18.5. The summed E-state index contributed by atoms with van der Waals surface area (Å²) in [5.74, 6) is 3.21. The van der Waals surface area contributed by atoms with E-state index in [-0.39, 0.29) is 5.92 Å². The van der Waals surface area contributed by atoms with Gasteiger partial charge in [-0.3, -0.25) is 0 Å². The Morgan fingerprint density at radius 2 is 1.21 bits per heavy atom. The van der Waals surface area contributed by atoms with Gasteiger partial charge in [-0.05, 0) is 32.1 Å². The van der Waals surface area contributed by atoms with Crippen LogP contribution in [0.3, 0.4) is 0 Å². The molecule has 3 aliphatic heterocycles. The zero-order valence-corrected chi connectivity index (χ0v) is 18.5. The van der Waals surface area contributed by atoms with E-state index in [1.54, 1.807) is 0 Å². The summed E-state index contributed by atoms with van der Waals surface area (Å²) in [5, 5.41) is 0. The summed E-state index contributed by atoms with van der Waals surface area (Å²) < 4.78 is 0. The molecular weight excluding hydrogens is 360 g/mol. The van der Waals surface area contributed by atoms with Crippen molar-refractivity contribution < 1.29 is 0 Å². The maximum Gasteiger partial charge on any atom is 0.116 e. The van der Waals surface area contributed by atoms with Gasteiger partial charge in [-0.25, -0.2) is 9.98 Å². The molecule has 0 amide bonds. The van der Waals surface area contributed by atoms with Crippen molar-refractivity contribution in [2.24, 2.45) is 21.8 Å². The molecule has 2 saturated heterocycles. The fraction of sp³-hybridized carbons (Fsp3) is 0.652. The molecule has 0 saturated carbocycles. The summed E-state index contributed by atoms with van der Waals surface area (Å²) >= 11 is 0. The molecule has 4 rings (SSSR count). The van der Waals surface area contributed by atoms with Crippen molar-refractivity contribution in [1.82, 2.24) is 19.6 Å². The van der Waals surface area contributed by atoms with Gasteiger partial charge in [0.2, 0.25) is 0 Å². The standard InChI is InChI=1S/C23H36N6/c1-5-18(2)21-22(28-14-10-26(3)11-15-28)24-19-8-6-7-9-20(19)25-23(21)29-16-12-27(4)13-17-29/h6-9,18,21H,5,10-17H2,1-4H3. The van der Waals surface area contributed by atoms with Gasteiger partial charge in [-0.2, -0.15) is 0 Å². The number of fused-ring (bicyclic) bond motifs is 1. The molecule has 1 aromatic carbocycles. The maximum absolute atomic E-state index is 5.27. The number of benzene rings is 1. The number of amidine groups is 2. The van der Waals surface area contributed by atoms with Gasteiger partial charge < -0.3 is 19.6 Å². The Balaban J connectivity index is 1.78. The summed E-state index contributed by atoms with van der Waals surface area (Å²) in [6, 6.07) is 8.40. The molecule has 2 fully saturated rings. The van der Waals surface area contributed by atoms with Crippen LogP contribution in [0.15, 0.2) is 34.3 Å². The number of piperazine rings is 2. The molecule has 29 heavy (non-hydrogen) atoms.